The summed E-state index contributed by atoms with van der Waals surface area (Å²) in [6, 6.07) is 0. The van der Waals surface area contributed by atoms with Crippen LogP contribution >= 0.6 is 0 Å². The van der Waals surface area contributed by atoms with Crippen molar-refractivity contribution in [1.82, 2.24) is 0 Å². The van der Waals surface area contributed by atoms with Gasteiger partial charge in [0.1, 0.15) is 0 Å². The van der Waals surface area contributed by atoms with Crippen molar-refractivity contribution in [2.75, 3.05) is 6.61 Å². The van der Waals surface area contributed by atoms with Crippen molar-refractivity contribution in [3.05, 3.63) is 0 Å². The van der Waals surface area contributed by atoms with E-state index in [1.807, 2.05) is 0 Å². The van der Waals surface area contributed by atoms with E-state index in [0.717, 1.165) is 12.8 Å². The van der Waals surface area contributed by atoms with E-state index < -0.39 is 0 Å². The van der Waals surface area contributed by atoms with Crippen LogP contribution in [0.3, 0.4) is 0 Å². The van der Waals surface area contributed by atoms with E-state index in [4.69, 9.17) is 5.11 Å². The average molecular weight is 184 g/mol. The molecule has 1 aliphatic heterocycles. The second-order valence-electron chi connectivity index (χ2n) is 1.84. The van der Waals surface area contributed by atoms with Crippen molar-refractivity contribution in [1.29, 1.82) is 0 Å². The van der Waals surface area contributed by atoms with Crippen molar-refractivity contribution in [3.8, 4) is 0 Å². The number of aliphatic hydroxyl groups excluding tert-OH is 1. The molecule has 0 amide bonds. The van der Waals surface area contributed by atoms with Gasteiger partial charge in [0.05, 0.1) is 0 Å². The number of hydrogen-bond donors (Lipinski definition) is 1. The molecule has 1 N–H and O–H groups in total. The minimum atomic E-state index is 0.355. The molecule has 0 unspecified atom stereocenters. The van der Waals surface area contributed by atoms with Gasteiger partial charge in [-0.1, -0.05) is 19.8 Å². The fraction of sp³-hybridized carbons (Fsp3) is 1.00. The SMILES string of the molecule is CCCCCO.O1OOOOO1. The Labute approximate surface area is 69.3 Å². The molecule has 7 nitrogen and oxygen atoms in total. The van der Waals surface area contributed by atoms with Gasteiger partial charge in [-0.2, -0.15) is 0 Å². The van der Waals surface area contributed by atoms with E-state index in [1.165, 1.54) is 6.42 Å². The highest BCUT2D eigenvalue weighted by Gasteiger charge is 2.00. The molecule has 0 spiro atoms. The third-order valence-electron chi connectivity index (χ3n) is 0.928. The standard InChI is InChI=1S/C5H12O.O6/c1-2-3-4-5-6;1-2-4-6-5-3-1/h6H,2-5H2,1H3;. The van der Waals surface area contributed by atoms with E-state index in [-0.39, 0.29) is 0 Å². The van der Waals surface area contributed by atoms with Gasteiger partial charge in [-0.15, -0.1) is 0 Å². The first-order valence-electron chi connectivity index (χ1n) is 3.52. The lowest BCUT2D eigenvalue weighted by atomic mass is 10.3. The summed E-state index contributed by atoms with van der Waals surface area (Å²) in [5, 5.41) is 29.2. The van der Waals surface area contributed by atoms with Crippen molar-refractivity contribution in [2.45, 2.75) is 26.2 Å². The molecule has 74 valence electrons. The van der Waals surface area contributed by atoms with Crippen LogP contribution in [0.5, 0.6) is 0 Å². The molecule has 1 rings (SSSR count). The highest BCUT2D eigenvalue weighted by Crippen LogP contribution is 1.94. The van der Waals surface area contributed by atoms with Gasteiger partial charge in [-0.25, -0.2) is 0 Å². The molecular weight excluding hydrogens is 172 g/mol. The summed E-state index contributed by atoms with van der Waals surface area (Å²) < 4.78 is 0. The summed E-state index contributed by atoms with van der Waals surface area (Å²) in [5.74, 6) is 0. The Bertz CT molecular complexity index is 58.7. The summed E-state index contributed by atoms with van der Waals surface area (Å²) in [6.07, 6.45) is 3.33. The van der Waals surface area contributed by atoms with Crippen molar-refractivity contribution in [2.24, 2.45) is 0 Å². The normalized spacial score (nSPS) is 16.5. The first-order valence-corrected chi connectivity index (χ1v) is 3.52. The molecule has 0 aromatic carbocycles. The zero-order valence-corrected chi connectivity index (χ0v) is 6.73. The average Bonchev–Trinajstić information content (AvgIpc) is 2.18. The molecule has 0 saturated carbocycles. The minimum absolute atomic E-state index is 0.355. The van der Waals surface area contributed by atoms with Crippen LogP contribution < -0.4 is 0 Å². The van der Waals surface area contributed by atoms with Crippen molar-refractivity contribution < 1.29 is 35.3 Å². The van der Waals surface area contributed by atoms with Crippen LogP contribution in [0.2, 0.25) is 0 Å². The maximum Gasteiger partial charge on any atom is 0.0431 e. The molecule has 0 aromatic heterocycles. The van der Waals surface area contributed by atoms with E-state index in [1.54, 1.807) is 0 Å². The van der Waals surface area contributed by atoms with Gasteiger partial charge in [0.25, 0.3) is 0 Å². The molecule has 0 radical (unpaired) electrons. The lowest BCUT2D eigenvalue weighted by Gasteiger charge is -2.00. The minimum Gasteiger partial charge on any atom is -0.396 e. The van der Waals surface area contributed by atoms with Gasteiger partial charge >= 0.3 is 0 Å². The van der Waals surface area contributed by atoms with Crippen molar-refractivity contribution >= 4 is 0 Å². The predicted molar refractivity (Wildman–Crippen MR) is 33.1 cm³/mol. The Morgan fingerprint density at radius 1 is 0.833 bits per heavy atom. The summed E-state index contributed by atoms with van der Waals surface area (Å²) in [7, 11) is 0. The lowest BCUT2D eigenvalue weighted by molar-refractivity contribution is -0.914. The molecule has 0 atom stereocenters. The van der Waals surface area contributed by atoms with Gasteiger partial charge in [0, 0.05) is 36.8 Å². The maximum absolute atomic E-state index is 8.20. The second kappa shape index (κ2) is 10.7. The quantitative estimate of drug-likeness (QED) is 0.512. The first kappa shape index (κ1) is 11.7. The van der Waals surface area contributed by atoms with E-state index in [2.05, 4.69) is 37.2 Å². The Morgan fingerprint density at radius 3 is 1.42 bits per heavy atom. The van der Waals surface area contributed by atoms with Crippen LogP contribution in [0.15, 0.2) is 0 Å². The molecule has 0 aromatic rings. The Hall–Kier alpha value is -0.280. The van der Waals surface area contributed by atoms with Crippen LogP contribution in [0.4, 0.5) is 0 Å². The number of hydrogen-bond acceptors (Lipinski definition) is 7. The van der Waals surface area contributed by atoms with Gasteiger partial charge in [0.2, 0.25) is 0 Å². The topological polar surface area (TPSA) is 75.6 Å². The second-order valence-corrected chi connectivity index (χ2v) is 1.84. The fourth-order valence-electron chi connectivity index (χ4n) is 0.430. The van der Waals surface area contributed by atoms with Gasteiger partial charge in [-0.3, -0.25) is 0 Å². The smallest absolute Gasteiger partial charge is 0.0431 e. The fourth-order valence-corrected chi connectivity index (χ4v) is 0.430. The monoisotopic (exact) mass is 184 g/mol. The molecule has 1 aliphatic rings. The van der Waals surface area contributed by atoms with Gasteiger partial charge < -0.3 is 5.11 Å². The molecule has 0 aliphatic carbocycles. The van der Waals surface area contributed by atoms with E-state index in [0.29, 0.717) is 6.61 Å². The largest absolute Gasteiger partial charge is 0.396 e. The van der Waals surface area contributed by atoms with E-state index in [9.17, 15) is 0 Å². The Kier molecular flexibility index (Phi) is 10.5. The zero-order chi connectivity index (χ0) is 9.07. The summed E-state index contributed by atoms with van der Waals surface area (Å²) in [6.45, 7) is 2.48. The third kappa shape index (κ3) is 9.72. The van der Waals surface area contributed by atoms with Crippen molar-refractivity contribution in [3.63, 3.8) is 0 Å². The molecular formula is C5H12O7. The highest BCUT2D eigenvalue weighted by molar-refractivity contribution is 4.30. The summed E-state index contributed by atoms with van der Waals surface area (Å²) >= 11 is 0. The third-order valence-corrected chi connectivity index (χ3v) is 0.928. The first-order chi connectivity index (χ1) is 5.91. The molecule has 1 saturated heterocycles. The maximum atomic E-state index is 8.20. The number of unbranched alkanes of at least 4 members (excludes halogenated alkanes) is 2. The van der Waals surface area contributed by atoms with Crippen LogP contribution in [-0.2, 0) is 30.2 Å². The van der Waals surface area contributed by atoms with Crippen LogP contribution in [-0.4, -0.2) is 11.7 Å². The Morgan fingerprint density at radius 2 is 1.25 bits per heavy atom. The zero-order valence-electron chi connectivity index (χ0n) is 6.73. The molecule has 0 bridgehead atoms. The molecule has 1 heterocycles. The summed E-state index contributed by atoms with van der Waals surface area (Å²) in [5.41, 5.74) is 0. The van der Waals surface area contributed by atoms with Gasteiger partial charge in [0.15, 0.2) is 0 Å². The molecule has 12 heavy (non-hydrogen) atoms. The number of rotatable bonds is 3. The van der Waals surface area contributed by atoms with Crippen LogP contribution in [0.1, 0.15) is 26.2 Å². The van der Waals surface area contributed by atoms with Crippen LogP contribution in [0, 0.1) is 0 Å². The molecule has 1 fully saturated rings. The summed E-state index contributed by atoms with van der Waals surface area (Å²) in [4.78, 5) is 0. The highest BCUT2D eigenvalue weighted by atomic mass is 18.0. The Balaban J connectivity index is 0.000000202. The predicted octanol–water partition coefficient (Wildman–Crippen LogP) is 0.758. The van der Waals surface area contributed by atoms with Gasteiger partial charge in [-0.05, 0) is 6.42 Å². The lowest BCUT2D eigenvalue weighted by Crippen LogP contribution is -2.07. The molecule has 7 heteroatoms. The van der Waals surface area contributed by atoms with E-state index >= 15 is 0 Å². The van der Waals surface area contributed by atoms with Crippen LogP contribution in [0.25, 0.3) is 0 Å². The number of aliphatic hydroxyl groups is 1.